The Morgan fingerprint density at radius 3 is 2.58 bits per heavy atom. The molecule has 3 aromatic carbocycles. The number of ether oxygens (including phenoxy) is 2. The van der Waals surface area contributed by atoms with Gasteiger partial charge in [-0.25, -0.2) is 27.8 Å². The molecule has 48 heavy (non-hydrogen) atoms. The summed E-state index contributed by atoms with van der Waals surface area (Å²) in [5.74, 6) is 2.25. The van der Waals surface area contributed by atoms with Gasteiger partial charge in [-0.3, -0.25) is 4.90 Å². The molecule has 0 unspecified atom stereocenters. The van der Waals surface area contributed by atoms with E-state index >= 15 is 0 Å². The van der Waals surface area contributed by atoms with Crippen LogP contribution in [-0.2, 0) is 22.1 Å². The third-order valence-corrected chi connectivity index (χ3v) is 10.2. The summed E-state index contributed by atoms with van der Waals surface area (Å²) in [7, 11) is -1.60. The number of likely N-dealkylation sites (tertiary alicyclic amines) is 1. The number of nitrogens with zero attached hydrogens (tertiary/aromatic N) is 4. The molecule has 250 valence electrons. The van der Waals surface area contributed by atoms with Gasteiger partial charge < -0.3 is 14.8 Å². The maximum Gasteiger partial charge on any atom is 0.228 e. The number of rotatable bonds is 12. The van der Waals surface area contributed by atoms with E-state index in [-0.39, 0.29) is 17.5 Å². The highest BCUT2D eigenvalue weighted by atomic mass is 32.2. The van der Waals surface area contributed by atoms with Gasteiger partial charge in [-0.2, -0.15) is 0 Å². The molecule has 11 heteroatoms. The number of piperidine rings is 1. The molecule has 1 aliphatic rings. The van der Waals surface area contributed by atoms with Crippen LogP contribution >= 0.6 is 0 Å². The Labute approximate surface area is 281 Å². The zero-order chi connectivity index (χ0) is 33.7. The predicted molar refractivity (Wildman–Crippen MR) is 187 cm³/mol. The Morgan fingerprint density at radius 2 is 1.79 bits per heavy atom. The molecular formula is C37H40FN5O4S. The average Bonchev–Trinajstić information content (AvgIpc) is 3.06. The lowest BCUT2D eigenvalue weighted by atomic mass is 10.0. The van der Waals surface area contributed by atoms with Crippen LogP contribution in [-0.4, -0.2) is 66.4 Å². The second-order valence-electron chi connectivity index (χ2n) is 12.3. The number of nitrogens with one attached hydrogen (secondary N) is 1. The van der Waals surface area contributed by atoms with Crippen molar-refractivity contribution in [2.45, 2.75) is 51.2 Å². The molecule has 0 bridgehead atoms. The van der Waals surface area contributed by atoms with Crippen molar-refractivity contribution in [1.29, 1.82) is 0 Å². The van der Waals surface area contributed by atoms with Crippen molar-refractivity contribution < 1.29 is 22.3 Å². The molecule has 9 nitrogen and oxygen atoms in total. The summed E-state index contributed by atoms with van der Waals surface area (Å²) >= 11 is 0. The molecule has 3 heterocycles. The lowest BCUT2D eigenvalue weighted by molar-refractivity contribution is 0.123. The molecule has 5 aromatic rings. The molecule has 1 aliphatic heterocycles. The Bertz CT molecular complexity index is 1990. The largest absolute Gasteiger partial charge is 0.497 e. The first-order valence-electron chi connectivity index (χ1n) is 16.1. The zero-order valence-corrected chi connectivity index (χ0v) is 28.2. The number of benzene rings is 3. The summed E-state index contributed by atoms with van der Waals surface area (Å²) in [4.78, 5) is 15.9. The first kappa shape index (κ1) is 33.3. The van der Waals surface area contributed by atoms with Crippen molar-refractivity contribution in [2.75, 3.05) is 31.3 Å². The maximum atomic E-state index is 14.9. The maximum absolute atomic E-state index is 14.9. The number of alkyl halides is 1. The SMILES string of the molecule is CCCS(=O)(=O)Cc1cccc2c(Oc3ncccc3-c3ccnc(N[C@H]4C[C@H](F)CN(Cc5ccc(OC)cc5)C4)n3)c(C)ccc12. The number of hydrogen-bond acceptors (Lipinski definition) is 9. The second kappa shape index (κ2) is 14.7. The topological polar surface area (TPSA) is 107 Å². The van der Waals surface area contributed by atoms with Crippen LogP contribution in [0.15, 0.2) is 85.2 Å². The second-order valence-corrected chi connectivity index (χ2v) is 14.4. The Morgan fingerprint density at radius 1 is 0.958 bits per heavy atom. The van der Waals surface area contributed by atoms with Gasteiger partial charge in [0.05, 0.1) is 29.9 Å². The van der Waals surface area contributed by atoms with Crippen molar-refractivity contribution in [2.24, 2.45) is 0 Å². The number of sulfone groups is 1. The first-order chi connectivity index (χ1) is 23.2. The monoisotopic (exact) mass is 669 g/mol. The van der Waals surface area contributed by atoms with E-state index in [2.05, 4.69) is 20.2 Å². The number of anilines is 1. The van der Waals surface area contributed by atoms with E-state index in [0.717, 1.165) is 33.2 Å². The van der Waals surface area contributed by atoms with Crippen molar-refractivity contribution >= 4 is 26.6 Å². The molecule has 1 saturated heterocycles. The van der Waals surface area contributed by atoms with Gasteiger partial charge in [0.1, 0.15) is 17.7 Å². The standard InChI is InChI=1S/C37H40FN5O4S/c1-4-19-48(44,45)24-27-7-5-8-32-31(27)15-10-25(2)35(32)47-36-33(9-6-17-39-36)34-16-18-40-37(42-34)41-29-20-28(38)22-43(23-29)21-26-11-13-30(46-3)14-12-26/h5-18,28-29H,4,19-24H2,1-3H3,(H,40,41,42)/t28-,29-/m0/s1. The smallest absolute Gasteiger partial charge is 0.228 e. The minimum Gasteiger partial charge on any atom is -0.497 e. The molecule has 0 saturated carbocycles. The van der Waals surface area contributed by atoms with Crippen molar-refractivity contribution in [3.05, 3.63) is 102 Å². The number of hydrogen-bond donors (Lipinski definition) is 1. The Hall–Kier alpha value is -4.61. The van der Waals surface area contributed by atoms with E-state index < -0.39 is 16.0 Å². The van der Waals surface area contributed by atoms with Crippen LogP contribution < -0.4 is 14.8 Å². The molecule has 0 amide bonds. The molecular weight excluding hydrogens is 630 g/mol. The van der Waals surface area contributed by atoms with E-state index in [9.17, 15) is 12.8 Å². The molecule has 0 spiro atoms. The van der Waals surface area contributed by atoms with Crippen molar-refractivity contribution in [3.8, 4) is 28.6 Å². The summed E-state index contributed by atoms with van der Waals surface area (Å²) < 4.78 is 52.1. The van der Waals surface area contributed by atoms with Gasteiger partial charge in [0.25, 0.3) is 0 Å². The number of halogens is 1. The van der Waals surface area contributed by atoms with Gasteiger partial charge in [-0.15, -0.1) is 0 Å². The fourth-order valence-electron chi connectivity index (χ4n) is 6.26. The summed E-state index contributed by atoms with van der Waals surface area (Å²) in [5.41, 5.74) is 3.97. The average molecular weight is 670 g/mol. The number of methoxy groups -OCH3 is 1. The third kappa shape index (κ3) is 7.91. The Kier molecular flexibility index (Phi) is 10.2. The zero-order valence-electron chi connectivity index (χ0n) is 27.4. The van der Waals surface area contributed by atoms with Crippen LogP contribution in [0.5, 0.6) is 17.4 Å². The van der Waals surface area contributed by atoms with Crippen LogP contribution in [0, 0.1) is 6.92 Å². The number of pyridine rings is 1. The molecule has 1 fully saturated rings. The summed E-state index contributed by atoms with van der Waals surface area (Å²) in [6.07, 6.45) is 3.27. The summed E-state index contributed by atoms with van der Waals surface area (Å²) in [6, 6.07) is 22.7. The van der Waals surface area contributed by atoms with E-state index in [4.69, 9.17) is 14.5 Å². The van der Waals surface area contributed by atoms with Crippen LogP contribution in [0.25, 0.3) is 22.0 Å². The van der Waals surface area contributed by atoms with Gasteiger partial charge in [-0.05, 0) is 65.8 Å². The third-order valence-electron chi connectivity index (χ3n) is 8.46. The van der Waals surface area contributed by atoms with E-state index in [0.29, 0.717) is 61.3 Å². The Balaban J connectivity index is 1.23. The van der Waals surface area contributed by atoms with Gasteiger partial charge >= 0.3 is 0 Å². The molecule has 2 aromatic heterocycles. The lowest BCUT2D eigenvalue weighted by Gasteiger charge is -2.35. The highest BCUT2D eigenvalue weighted by molar-refractivity contribution is 7.90. The van der Waals surface area contributed by atoms with Crippen LogP contribution in [0.1, 0.15) is 36.5 Å². The van der Waals surface area contributed by atoms with Crippen LogP contribution in [0.3, 0.4) is 0 Å². The van der Waals surface area contributed by atoms with E-state index in [1.165, 1.54) is 0 Å². The van der Waals surface area contributed by atoms with Crippen molar-refractivity contribution in [3.63, 3.8) is 0 Å². The summed E-state index contributed by atoms with van der Waals surface area (Å²) in [6.45, 7) is 5.45. The highest BCUT2D eigenvalue weighted by Gasteiger charge is 2.28. The first-order valence-corrected chi connectivity index (χ1v) is 18.0. The number of aryl methyl sites for hydroxylation is 1. The molecule has 1 N–H and O–H groups in total. The quantitative estimate of drug-likeness (QED) is 0.148. The van der Waals surface area contributed by atoms with E-state index in [1.54, 1.807) is 25.6 Å². The molecule has 0 radical (unpaired) electrons. The number of fused-ring (bicyclic) bond motifs is 1. The minimum absolute atomic E-state index is 0.0321. The van der Waals surface area contributed by atoms with Gasteiger partial charge in [0.2, 0.25) is 11.8 Å². The van der Waals surface area contributed by atoms with Gasteiger partial charge in [-0.1, -0.05) is 49.4 Å². The van der Waals surface area contributed by atoms with E-state index in [1.807, 2.05) is 80.6 Å². The minimum atomic E-state index is -3.24. The van der Waals surface area contributed by atoms with Crippen LogP contribution in [0.2, 0.25) is 0 Å². The predicted octanol–water partition coefficient (Wildman–Crippen LogP) is 7.15. The van der Waals surface area contributed by atoms with Gasteiger partial charge in [0, 0.05) is 49.9 Å². The highest BCUT2D eigenvalue weighted by Crippen LogP contribution is 2.38. The van der Waals surface area contributed by atoms with Crippen molar-refractivity contribution in [1.82, 2.24) is 19.9 Å². The fourth-order valence-corrected chi connectivity index (χ4v) is 7.75. The fraction of sp³-hybridized carbons (Fsp3) is 0.324. The molecule has 6 rings (SSSR count). The van der Waals surface area contributed by atoms with Gasteiger partial charge in [0.15, 0.2) is 9.84 Å². The summed E-state index contributed by atoms with van der Waals surface area (Å²) in [5, 5.41) is 4.98. The molecule has 2 atom stereocenters. The van der Waals surface area contributed by atoms with Crippen LogP contribution in [0.4, 0.5) is 10.3 Å². The number of aromatic nitrogens is 3. The normalized spacial score (nSPS) is 16.9. The lowest BCUT2D eigenvalue weighted by Crippen LogP contribution is -2.47. The molecule has 0 aliphatic carbocycles.